The summed E-state index contributed by atoms with van der Waals surface area (Å²) in [4.78, 5) is 0. The minimum Gasteiger partial charge on any atom is -0.506 e. The van der Waals surface area contributed by atoms with E-state index in [0.29, 0.717) is 0 Å². The lowest BCUT2D eigenvalue weighted by molar-refractivity contribution is 0.412. The molecule has 5 heteroatoms. The van der Waals surface area contributed by atoms with Crippen LogP contribution in [0.5, 0.6) is 5.75 Å². The molecule has 1 aromatic rings. The minimum absolute atomic E-state index is 0.105. The zero-order valence-corrected chi connectivity index (χ0v) is 7.35. The maximum Gasteiger partial charge on any atom is 0.145 e. The quantitative estimate of drug-likeness (QED) is 0.781. The largest absolute Gasteiger partial charge is 0.506 e. The van der Waals surface area contributed by atoms with Gasteiger partial charge in [-0.25, -0.2) is 8.78 Å². The fraction of sp³-hybridized carbons (Fsp3) is 0.250. The van der Waals surface area contributed by atoms with Gasteiger partial charge < -0.3 is 10.8 Å². The molecule has 0 bridgehead atoms. The maximum atomic E-state index is 12.7. The number of alkyl halides is 1. The number of rotatable bonds is 2. The molecule has 0 aliphatic carbocycles. The van der Waals surface area contributed by atoms with Crippen molar-refractivity contribution in [2.24, 2.45) is 5.73 Å². The van der Waals surface area contributed by atoms with Crippen molar-refractivity contribution in [3.8, 4) is 5.75 Å². The molecule has 0 radical (unpaired) electrons. The molecular weight excluding hydrogens is 200 g/mol. The predicted molar refractivity (Wildman–Crippen MR) is 46.0 cm³/mol. The third-order valence-electron chi connectivity index (χ3n) is 1.67. The lowest BCUT2D eigenvalue weighted by Crippen LogP contribution is -2.12. The normalized spacial score (nSPS) is 12.9. The summed E-state index contributed by atoms with van der Waals surface area (Å²) < 4.78 is 24.8. The highest BCUT2D eigenvalue weighted by Crippen LogP contribution is 2.32. The van der Waals surface area contributed by atoms with Crippen molar-refractivity contribution in [3.05, 3.63) is 28.5 Å². The Morgan fingerprint density at radius 2 is 2.15 bits per heavy atom. The number of aromatic hydroxyl groups is 1. The summed E-state index contributed by atoms with van der Waals surface area (Å²) in [5.74, 6) is -1.25. The summed E-state index contributed by atoms with van der Waals surface area (Å²) in [5, 5.41) is 8.83. The van der Waals surface area contributed by atoms with Gasteiger partial charge in [0.1, 0.15) is 23.3 Å². The van der Waals surface area contributed by atoms with E-state index >= 15 is 0 Å². The number of hydrogen-bond donors (Lipinski definition) is 2. The molecule has 1 aromatic carbocycles. The van der Waals surface area contributed by atoms with E-state index in [1.165, 1.54) is 6.07 Å². The van der Waals surface area contributed by atoms with Gasteiger partial charge >= 0.3 is 0 Å². The van der Waals surface area contributed by atoms with E-state index in [4.69, 9.17) is 17.3 Å². The van der Waals surface area contributed by atoms with Gasteiger partial charge in [0.25, 0.3) is 0 Å². The lowest BCUT2D eigenvalue weighted by Gasteiger charge is -2.10. The van der Waals surface area contributed by atoms with E-state index in [1.807, 2.05) is 0 Å². The first-order valence-electron chi connectivity index (χ1n) is 3.56. The van der Waals surface area contributed by atoms with Gasteiger partial charge in [0.05, 0.1) is 6.04 Å². The Hall–Kier alpha value is -0.870. The number of hydrogen-bond acceptors (Lipinski definition) is 2. The molecule has 72 valence electrons. The number of nitrogens with two attached hydrogens (primary N) is 1. The Labute approximate surface area is 78.9 Å². The maximum absolute atomic E-state index is 12.7. The zero-order valence-electron chi connectivity index (χ0n) is 6.60. The molecule has 3 N–H and O–H groups in total. The van der Waals surface area contributed by atoms with Crippen molar-refractivity contribution in [1.82, 2.24) is 0 Å². The molecule has 13 heavy (non-hydrogen) atoms. The number of benzene rings is 1. The monoisotopic (exact) mass is 207 g/mol. The van der Waals surface area contributed by atoms with Crippen molar-refractivity contribution in [1.29, 1.82) is 0 Å². The Balaban J connectivity index is 3.18. The summed E-state index contributed by atoms with van der Waals surface area (Å²) in [6.07, 6.45) is 0. The number of halogens is 3. The average molecular weight is 208 g/mol. The Bertz CT molecular complexity index is 319. The molecule has 1 atom stereocenters. The Morgan fingerprint density at radius 1 is 1.54 bits per heavy atom. The van der Waals surface area contributed by atoms with Crippen LogP contribution in [0.1, 0.15) is 11.6 Å². The van der Waals surface area contributed by atoms with Gasteiger partial charge in [-0.05, 0) is 6.07 Å². The summed E-state index contributed by atoms with van der Waals surface area (Å²) in [6, 6.07) is 1.27. The number of phenols is 1. The van der Waals surface area contributed by atoms with Gasteiger partial charge in [0, 0.05) is 5.56 Å². The highest BCUT2D eigenvalue weighted by atomic mass is 35.5. The van der Waals surface area contributed by atoms with Crippen LogP contribution in [-0.2, 0) is 0 Å². The second kappa shape index (κ2) is 3.89. The topological polar surface area (TPSA) is 46.2 Å². The van der Waals surface area contributed by atoms with Crippen LogP contribution in [0.25, 0.3) is 0 Å². The molecule has 2 nitrogen and oxygen atoms in total. The van der Waals surface area contributed by atoms with E-state index in [0.717, 1.165) is 6.07 Å². The molecule has 0 heterocycles. The zero-order chi connectivity index (χ0) is 10.0. The highest BCUT2D eigenvalue weighted by molar-refractivity contribution is 6.32. The predicted octanol–water partition coefficient (Wildman–Crippen LogP) is 2.15. The molecule has 0 aliphatic heterocycles. The van der Waals surface area contributed by atoms with Crippen molar-refractivity contribution in [2.45, 2.75) is 6.04 Å². The molecule has 0 aliphatic rings. The smallest absolute Gasteiger partial charge is 0.145 e. The van der Waals surface area contributed by atoms with Crippen LogP contribution < -0.4 is 5.73 Å². The molecule has 0 amide bonds. The molecular formula is C8H8ClF2NO. The first-order valence-corrected chi connectivity index (χ1v) is 3.94. The molecule has 0 spiro atoms. The fourth-order valence-corrected chi connectivity index (χ4v) is 1.11. The van der Waals surface area contributed by atoms with E-state index < -0.39 is 29.3 Å². The van der Waals surface area contributed by atoms with Crippen molar-refractivity contribution < 1.29 is 13.9 Å². The van der Waals surface area contributed by atoms with Crippen LogP contribution >= 0.6 is 11.6 Å². The Kier molecular flexibility index (Phi) is 3.06. The third-order valence-corrected chi connectivity index (χ3v) is 2.03. The van der Waals surface area contributed by atoms with E-state index in [9.17, 15) is 13.9 Å². The van der Waals surface area contributed by atoms with Crippen LogP contribution in [0.4, 0.5) is 8.78 Å². The lowest BCUT2D eigenvalue weighted by atomic mass is 10.1. The van der Waals surface area contributed by atoms with Crippen molar-refractivity contribution >= 4 is 11.6 Å². The summed E-state index contributed by atoms with van der Waals surface area (Å²) in [6.45, 7) is -0.838. The van der Waals surface area contributed by atoms with Gasteiger partial charge in [-0.15, -0.1) is 0 Å². The second-order valence-electron chi connectivity index (χ2n) is 2.56. The van der Waals surface area contributed by atoms with Crippen LogP contribution in [-0.4, -0.2) is 11.8 Å². The third kappa shape index (κ3) is 1.89. The van der Waals surface area contributed by atoms with Gasteiger partial charge in [-0.3, -0.25) is 0 Å². The van der Waals surface area contributed by atoms with Crippen molar-refractivity contribution in [2.75, 3.05) is 6.67 Å². The first-order chi connectivity index (χ1) is 6.07. The summed E-state index contributed by atoms with van der Waals surface area (Å²) in [5.41, 5.74) is 5.40. The molecule has 1 rings (SSSR count). The molecule has 0 fully saturated rings. The standard InChI is InChI=1S/C8H8ClF2NO/c9-7-5(11)2-1-4(8(7)13)6(12)3-10/h1-2,6,13H,3,12H2/t6-/m1/s1. The first kappa shape index (κ1) is 10.2. The summed E-state index contributed by atoms with van der Waals surface area (Å²) >= 11 is 5.38. The molecule has 0 aromatic heterocycles. The van der Waals surface area contributed by atoms with Crippen LogP contribution in [0.15, 0.2) is 12.1 Å². The van der Waals surface area contributed by atoms with Gasteiger partial charge in [0.2, 0.25) is 0 Å². The molecule has 0 saturated heterocycles. The summed E-state index contributed by atoms with van der Waals surface area (Å²) in [7, 11) is 0. The van der Waals surface area contributed by atoms with Gasteiger partial charge in [-0.2, -0.15) is 0 Å². The van der Waals surface area contributed by atoms with E-state index in [1.54, 1.807) is 0 Å². The Morgan fingerprint density at radius 3 is 2.69 bits per heavy atom. The van der Waals surface area contributed by atoms with E-state index in [2.05, 4.69) is 0 Å². The van der Waals surface area contributed by atoms with Gasteiger partial charge in [-0.1, -0.05) is 17.7 Å². The van der Waals surface area contributed by atoms with Crippen LogP contribution in [0.3, 0.4) is 0 Å². The number of phenolic OH excluding ortho intramolecular Hbond substituents is 1. The fourth-order valence-electron chi connectivity index (χ4n) is 0.937. The second-order valence-corrected chi connectivity index (χ2v) is 2.94. The SMILES string of the molecule is N[C@H](CF)c1ccc(F)c(Cl)c1O. The van der Waals surface area contributed by atoms with Gasteiger partial charge in [0.15, 0.2) is 0 Å². The average Bonchev–Trinajstić information content (AvgIpc) is 2.13. The van der Waals surface area contributed by atoms with E-state index in [-0.39, 0.29) is 5.56 Å². The highest BCUT2D eigenvalue weighted by Gasteiger charge is 2.15. The molecule has 0 saturated carbocycles. The molecule has 0 unspecified atom stereocenters. The minimum atomic E-state index is -0.974. The van der Waals surface area contributed by atoms with Crippen molar-refractivity contribution in [3.63, 3.8) is 0 Å². The van der Waals surface area contributed by atoms with Crippen LogP contribution in [0, 0.1) is 5.82 Å². The van der Waals surface area contributed by atoms with Crippen LogP contribution in [0.2, 0.25) is 5.02 Å².